The molecule has 26 heavy (non-hydrogen) atoms. The van der Waals surface area contributed by atoms with E-state index >= 15 is 0 Å². The van der Waals surface area contributed by atoms with Crippen LogP contribution in [-0.2, 0) is 25.4 Å². The van der Waals surface area contributed by atoms with Gasteiger partial charge in [0.05, 0.1) is 6.54 Å². The molecule has 1 saturated heterocycles. The van der Waals surface area contributed by atoms with Crippen LogP contribution >= 0.6 is 0 Å². The van der Waals surface area contributed by atoms with Crippen molar-refractivity contribution in [1.29, 1.82) is 0 Å². The third kappa shape index (κ3) is 4.52. The SMILES string of the molecule is CCC[C@@H]1C(=O)OB(c2ccccc2)OC(=O)CN1Cc1ccccc1. The van der Waals surface area contributed by atoms with Gasteiger partial charge in [0.1, 0.15) is 6.04 Å². The molecule has 0 radical (unpaired) electrons. The molecule has 2 aromatic carbocycles. The first-order valence-corrected chi connectivity index (χ1v) is 8.90. The quantitative estimate of drug-likeness (QED) is 0.773. The maximum absolute atomic E-state index is 12.8. The largest absolute Gasteiger partial charge is 0.636 e. The monoisotopic (exact) mass is 351 g/mol. The topological polar surface area (TPSA) is 55.8 Å². The van der Waals surface area contributed by atoms with Crippen LogP contribution in [0.15, 0.2) is 60.7 Å². The molecule has 0 amide bonds. The Morgan fingerprint density at radius 1 is 1.00 bits per heavy atom. The Morgan fingerprint density at radius 3 is 2.31 bits per heavy atom. The highest BCUT2D eigenvalue weighted by Crippen LogP contribution is 2.17. The van der Waals surface area contributed by atoms with Crippen molar-refractivity contribution in [2.45, 2.75) is 32.4 Å². The van der Waals surface area contributed by atoms with Gasteiger partial charge in [0.15, 0.2) is 0 Å². The van der Waals surface area contributed by atoms with Crippen LogP contribution in [0.3, 0.4) is 0 Å². The van der Waals surface area contributed by atoms with Gasteiger partial charge in [0.2, 0.25) is 0 Å². The van der Waals surface area contributed by atoms with E-state index in [2.05, 4.69) is 0 Å². The van der Waals surface area contributed by atoms with Crippen LogP contribution in [0, 0.1) is 0 Å². The molecular weight excluding hydrogens is 329 g/mol. The van der Waals surface area contributed by atoms with Crippen LogP contribution in [0.1, 0.15) is 25.3 Å². The van der Waals surface area contributed by atoms with Crippen molar-refractivity contribution in [2.24, 2.45) is 0 Å². The predicted octanol–water partition coefficient (Wildman–Crippen LogP) is 2.15. The van der Waals surface area contributed by atoms with Crippen molar-refractivity contribution < 1.29 is 18.9 Å². The Hall–Kier alpha value is -2.60. The minimum Gasteiger partial charge on any atom is -0.494 e. The zero-order valence-electron chi connectivity index (χ0n) is 14.8. The molecule has 0 saturated carbocycles. The van der Waals surface area contributed by atoms with E-state index in [9.17, 15) is 9.59 Å². The van der Waals surface area contributed by atoms with Gasteiger partial charge in [-0.15, -0.1) is 0 Å². The molecule has 0 aliphatic carbocycles. The molecule has 6 heteroatoms. The summed E-state index contributed by atoms with van der Waals surface area (Å²) in [4.78, 5) is 27.1. The lowest BCUT2D eigenvalue weighted by molar-refractivity contribution is -0.151. The molecule has 1 aliphatic rings. The van der Waals surface area contributed by atoms with Crippen LogP contribution in [-0.4, -0.2) is 36.5 Å². The number of hydrogen-bond acceptors (Lipinski definition) is 5. The molecule has 1 heterocycles. The summed E-state index contributed by atoms with van der Waals surface area (Å²) in [6.45, 7) is 2.56. The Labute approximate surface area is 154 Å². The van der Waals surface area contributed by atoms with Crippen molar-refractivity contribution in [1.82, 2.24) is 4.90 Å². The van der Waals surface area contributed by atoms with Gasteiger partial charge in [-0.2, -0.15) is 0 Å². The fourth-order valence-corrected chi connectivity index (χ4v) is 3.09. The molecular formula is C20H22BNO4. The molecule has 0 spiro atoms. The maximum Gasteiger partial charge on any atom is 0.636 e. The minimum absolute atomic E-state index is 0.0536. The number of nitrogens with zero attached hydrogens (tertiary/aromatic N) is 1. The van der Waals surface area contributed by atoms with E-state index < -0.39 is 19.1 Å². The Kier molecular flexibility index (Phi) is 6.07. The zero-order chi connectivity index (χ0) is 18.4. The van der Waals surface area contributed by atoms with Crippen LogP contribution in [0.4, 0.5) is 0 Å². The molecule has 0 aromatic heterocycles. The van der Waals surface area contributed by atoms with Gasteiger partial charge in [-0.3, -0.25) is 14.5 Å². The van der Waals surface area contributed by atoms with Crippen molar-refractivity contribution in [3.63, 3.8) is 0 Å². The van der Waals surface area contributed by atoms with Crippen LogP contribution in [0.5, 0.6) is 0 Å². The summed E-state index contributed by atoms with van der Waals surface area (Å²) >= 11 is 0. The molecule has 1 atom stereocenters. The number of carbonyl (C=O) groups excluding carboxylic acids is 2. The molecule has 3 rings (SSSR count). The fraction of sp³-hybridized carbons (Fsp3) is 0.300. The normalized spacial score (nSPS) is 18.7. The predicted molar refractivity (Wildman–Crippen MR) is 99.6 cm³/mol. The van der Waals surface area contributed by atoms with E-state index in [1.165, 1.54) is 0 Å². The number of hydrogen-bond donors (Lipinski definition) is 0. The van der Waals surface area contributed by atoms with E-state index in [0.717, 1.165) is 12.0 Å². The van der Waals surface area contributed by atoms with Gasteiger partial charge in [0.25, 0.3) is 0 Å². The Balaban J connectivity index is 1.82. The van der Waals surface area contributed by atoms with Gasteiger partial charge in [-0.1, -0.05) is 74.0 Å². The summed E-state index contributed by atoms with van der Waals surface area (Å²) in [5.74, 6) is -0.757. The average Bonchev–Trinajstić information content (AvgIpc) is 2.65. The van der Waals surface area contributed by atoms with Gasteiger partial charge in [-0.25, -0.2) is 0 Å². The van der Waals surface area contributed by atoms with Crippen LogP contribution < -0.4 is 5.46 Å². The minimum atomic E-state index is -0.991. The van der Waals surface area contributed by atoms with Crippen LogP contribution in [0.2, 0.25) is 0 Å². The molecule has 134 valence electrons. The molecule has 0 unspecified atom stereocenters. The number of carbonyl (C=O) groups is 2. The van der Waals surface area contributed by atoms with Gasteiger partial charge in [-0.05, 0) is 12.0 Å². The standard InChI is InChI=1S/C20H22BNO4/c1-2-9-18-20(24)26-21(17-12-7-4-8-13-17)25-19(23)15-22(18)14-16-10-5-3-6-11-16/h3-8,10-13,18H,2,9,14-15H2,1H3/t18-/m1/s1. The number of rotatable bonds is 5. The first-order valence-electron chi connectivity index (χ1n) is 8.90. The molecule has 2 aromatic rings. The van der Waals surface area contributed by atoms with Crippen molar-refractivity contribution in [3.05, 3.63) is 66.2 Å². The first kappa shape index (κ1) is 18.2. The zero-order valence-corrected chi connectivity index (χ0v) is 14.8. The molecule has 0 N–H and O–H groups in total. The molecule has 0 bridgehead atoms. The second kappa shape index (κ2) is 8.67. The highest BCUT2D eigenvalue weighted by molar-refractivity contribution is 6.64. The highest BCUT2D eigenvalue weighted by Gasteiger charge is 2.39. The van der Waals surface area contributed by atoms with Crippen molar-refractivity contribution in [3.8, 4) is 0 Å². The smallest absolute Gasteiger partial charge is 0.494 e. The second-order valence-corrected chi connectivity index (χ2v) is 6.36. The summed E-state index contributed by atoms with van der Waals surface area (Å²) in [6.07, 6.45) is 1.44. The fourth-order valence-electron chi connectivity index (χ4n) is 3.09. The Morgan fingerprint density at radius 2 is 1.65 bits per heavy atom. The van der Waals surface area contributed by atoms with E-state index in [4.69, 9.17) is 9.31 Å². The summed E-state index contributed by atoms with van der Waals surface area (Å²) in [7, 11) is -0.991. The number of benzene rings is 2. The first-order chi connectivity index (χ1) is 12.7. The lowest BCUT2D eigenvalue weighted by Gasteiger charge is -2.32. The van der Waals surface area contributed by atoms with E-state index in [1.807, 2.05) is 60.4 Å². The highest BCUT2D eigenvalue weighted by atomic mass is 16.6. The van der Waals surface area contributed by atoms with Crippen molar-refractivity contribution in [2.75, 3.05) is 6.54 Å². The van der Waals surface area contributed by atoms with Crippen LogP contribution in [0.25, 0.3) is 0 Å². The van der Waals surface area contributed by atoms with E-state index in [-0.39, 0.29) is 12.5 Å². The lowest BCUT2D eigenvalue weighted by Crippen LogP contribution is -2.53. The third-order valence-electron chi connectivity index (χ3n) is 4.37. The summed E-state index contributed by atoms with van der Waals surface area (Å²) in [5.41, 5.74) is 1.69. The second-order valence-electron chi connectivity index (χ2n) is 6.36. The van der Waals surface area contributed by atoms with Gasteiger partial charge >= 0.3 is 19.1 Å². The lowest BCUT2D eigenvalue weighted by atomic mass is 9.78. The molecule has 1 fully saturated rings. The van der Waals surface area contributed by atoms with E-state index in [1.54, 1.807) is 12.1 Å². The average molecular weight is 351 g/mol. The summed E-state index contributed by atoms with van der Waals surface area (Å²) in [5, 5.41) is 0. The summed E-state index contributed by atoms with van der Waals surface area (Å²) < 4.78 is 11.0. The summed E-state index contributed by atoms with van der Waals surface area (Å²) in [6, 6.07) is 18.4. The van der Waals surface area contributed by atoms with Crippen molar-refractivity contribution >= 4 is 24.5 Å². The van der Waals surface area contributed by atoms with E-state index in [0.29, 0.717) is 18.4 Å². The molecule has 5 nitrogen and oxygen atoms in total. The molecule has 1 aliphatic heterocycles. The van der Waals surface area contributed by atoms with Gasteiger partial charge < -0.3 is 9.31 Å². The van der Waals surface area contributed by atoms with Gasteiger partial charge in [0, 0.05) is 12.0 Å². The third-order valence-corrected chi connectivity index (χ3v) is 4.37. The maximum atomic E-state index is 12.8. The Bertz CT molecular complexity index is 738.